The van der Waals surface area contributed by atoms with E-state index in [2.05, 4.69) is 10.2 Å². The fourth-order valence-electron chi connectivity index (χ4n) is 1.27. The van der Waals surface area contributed by atoms with Gasteiger partial charge < -0.3 is 0 Å². The zero-order chi connectivity index (χ0) is 8.55. The molecule has 0 aliphatic carbocycles. The van der Waals surface area contributed by atoms with Crippen LogP contribution in [0.25, 0.3) is 11.0 Å². The molecule has 2 aromatic rings. The summed E-state index contributed by atoms with van der Waals surface area (Å²) in [6, 6.07) is 5.94. The van der Waals surface area contributed by atoms with Gasteiger partial charge in [0.1, 0.15) is 5.78 Å². The molecule has 1 aromatic heterocycles. The van der Waals surface area contributed by atoms with Crippen LogP contribution in [0.3, 0.4) is 0 Å². The van der Waals surface area contributed by atoms with Gasteiger partial charge in [-0.05, 0) is 24.6 Å². The second-order valence-electron chi connectivity index (χ2n) is 3.01. The van der Waals surface area contributed by atoms with E-state index < -0.39 is 0 Å². The third-order valence-electron chi connectivity index (χ3n) is 1.87. The van der Waals surface area contributed by atoms with Crippen LogP contribution in [0.5, 0.6) is 0 Å². The summed E-state index contributed by atoms with van der Waals surface area (Å²) < 4.78 is 0. The zero-order valence-electron chi connectivity index (χ0n) is 6.85. The lowest BCUT2D eigenvalue weighted by Gasteiger charge is -2.04. The lowest BCUT2D eigenvalue weighted by atomic mass is 10.1. The number of fused-ring (bicyclic) bond motifs is 1. The predicted molar refractivity (Wildman–Crippen MR) is 47.0 cm³/mol. The van der Waals surface area contributed by atoms with E-state index in [1.165, 1.54) is 0 Å². The maximum absolute atomic E-state index is 10.8. The molecule has 0 saturated carbocycles. The number of rotatable bonds is 2. The number of aromatic nitrogens is 2. The van der Waals surface area contributed by atoms with E-state index in [0.717, 1.165) is 16.6 Å². The molecule has 12 heavy (non-hydrogen) atoms. The zero-order valence-corrected chi connectivity index (χ0v) is 6.85. The predicted octanol–water partition coefficient (Wildman–Crippen LogP) is 1.63. The van der Waals surface area contributed by atoms with E-state index in [9.17, 15) is 4.79 Å². The lowest BCUT2D eigenvalue weighted by Crippen LogP contribution is -1.98. The standard InChI is InChI=1S/C9H10N2O/c1-6(12)4-7-2-3-8-9(5-7)11-10-8/h2-3,5,10-11H,4H2,1H3. The summed E-state index contributed by atoms with van der Waals surface area (Å²) in [5.41, 5.74) is 3.24. The van der Waals surface area contributed by atoms with E-state index >= 15 is 0 Å². The minimum absolute atomic E-state index is 0.197. The van der Waals surface area contributed by atoms with E-state index in [4.69, 9.17) is 0 Å². The highest BCUT2D eigenvalue weighted by Crippen LogP contribution is 2.12. The molecule has 1 heterocycles. The summed E-state index contributed by atoms with van der Waals surface area (Å²) in [5.74, 6) is 0.197. The van der Waals surface area contributed by atoms with Crippen LogP contribution in [-0.2, 0) is 11.2 Å². The molecular formula is C9H10N2O. The number of nitrogens with one attached hydrogen (secondary N) is 2. The van der Waals surface area contributed by atoms with Gasteiger partial charge >= 0.3 is 0 Å². The van der Waals surface area contributed by atoms with Crippen LogP contribution in [0, 0.1) is 0 Å². The van der Waals surface area contributed by atoms with Gasteiger partial charge in [-0.15, -0.1) is 0 Å². The van der Waals surface area contributed by atoms with Crippen molar-refractivity contribution in [2.75, 3.05) is 0 Å². The van der Waals surface area contributed by atoms with Gasteiger partial charge in [0.15, 0.2) is 0 Å². The quantitative estimate of drug-likeness (QED) is 0.692. The summed E-state index contributed by atoms with van der Waals surface area (Å²) in [7, 11) is 0. The molecular weight excluding hydrogens is 152 g/mol. The Morgan fingerprint density at radius 2 is 2.08 bits per heavy atom. The Kier molecular flexibility index (Phi) is 1.50. The number of H-pyrrole nitrogens is 2. The number of carbonyl (C=O) groups is 1. The molecule has 3 nitrogen and oxygen atoms in total. The Labute approximate surface area is 69.8 Å². The molecule has 0 aliphatic rings. The van der Waals surface area contributed by atoms with E-state index in [-0.39, 0.29) is 5.78 Å². The molecule has 0 saturated heterocycles. The van der Waals surface area contributed by atoms with Gasteiger partial charge in [0.05, 0.1) is 11.0 Å². The SMILES string of the molecule is CC(=O)Cc1ccc2[nH][nH]c2c1. The minimum atomic E-state index is 0.197. The second-order valence-corrected chi connectivity index (χ2v) is 3.01. The van der Waals surface area contributed by atoms with Crippen LogP contribution in [0.1, 0.15) is 12.5 Å². The molecule has 0 spiro atoms. The number of hydrogen-bond acceptors (Lipinski definition) is 1. The first kappa shape index (κ1) is 7.16. The van der Waals surface area contributed by atoms with Crippen molar-refractivity contribution in [1.29, 1.82) is 0 Å². The van der Waals surface area contributed by atoms with Crippen molar-refractivity contribution in [3.63, 3.8) is 0 Å². The Morgan fingerprint density at radius 3 is 2.58 bits per heavy atom. The average molecular weight is 162 g/mol. The third kappa shape index (κ3) is 1.13. The van der Waals surface area contributed by atoms with Gasteiger partial charge in [-0.1, -0.05) is 6.07 Å². The second kappa shape index (κ2) is 2.52. The summed E-state index contributed by atoms with van der Waals surface area (Å²) >= 11 is 0. The fraction of sp³-hybridized carbons (Fsp3) is 0.222. The van der Waals surface area contributed by atoms with Gasteiger partial charge in [0.25, 0.3) is 0 Å². The van der Waals surface area contributed by atoms with Crippen LogP contribution in [0.4, 0.5) is 0 Å². The maximum atomic E-state index is 10.8. The molecule has 0 radical (unpaired) electrons. The number of hydrogen-bond donors (Lipinski definition) is 2. The third-order valence-corrected chi connectivity index (χ3v) is 1.87. The van der Waals surface area contributed by atoms with E-state index in [1.807, 2.05) is 18.2 Å². The van der Waals surface area contributed by atoms with Crippen molar-refractivity contribution >= 4 is 16.8 Å². The maximum Gasteiger partial charge on any atom is 0.134 e. The van der Waals surface area contributed by atoms with Gasteiger partial charge in [0.2, 0.25) is 0 Å². The van der Waals surface area contributed by atoms with Crippen molar-refractivity contribution in [2.45, 2.75) is 13.3 Å². The summed E-state index contributed by atoms with van der Waals surface area (Å²) in [6.07, 6.45) is 0.523. The van der Waals surface area contributed by atoms with Crippen LogP contribution < -0.4 is 0 Å². The van der Waals surface area contributed by atoms with Gasteiger partial charge in [-0.25, -0.2) is 0 Å². The monoisotopic (exact) mass is 162 g/mol. The first-order chi connectivity index (χ1) is 5.75. The molecule has 0 amide bonds. The topological polar surface area (TPSA) is 48.6 Å². The molecule has 62 valence electrons. The molecule has 0 fully saturated rings. The Balaban J connectivity index is 2.33. The summed E-state index contributed by atoms with van der Waals surface area (Å²) in [6.45, 7) is 1.60. The van der Waals surface area contributed by atoms with Crippen molar-refractivity contribution in [3.05, 3.63) is 23.8 Å². The highest BCUT2D eigenvalue weighted by molar-refractivity contribution is 5.81. The summed E-state index contributed by atoms with van der Waals surface area (Å²) in [5, 5.41) is 5.88. The van der Waals surface area contributed by atoms with E-state index in [0.29, 0.717) is 6.42 Å². The number of ketones is 1. The molecule has 0 bridgehead atoms. The Bertz CT molecular complexity index is 411. The normalized spacial score (nSPS) is 10.8. The smallest absolute Gasteiger partial charge is 0.134 e. The van der Waals surface area contributed by atoms with E-state index in [1.54, 1.807) is 6.92 Å². The molecule has 0 unspecified atom stereocenters. The van der Waals surface area contributed by atoms with Crippen molar-refractivity contribution in [2.24, 2.45) is 0 Å². The lowest BCUT2D eigenvalue weighted by molar-refractivity contribution is -0.116. The molecule has 0 atom stereocenters. The van der Waals surface area contributed by atoms with Crippen LogP contribution in [0.2, 0.25) is 0 Å². The molecule has 3 heteroatoms. The molecule has 2 N–H and O–H groups in total. The molecule has 0 aliphatic heterocycles. The van der Waals surface area contributed by atoms with Crippen molar-refractivity contribution in [1.82, 2.24) is 10.2 Å². The minimum Gasteiger partial charge on any atom is -0.300 e. The molecule has 2 rings (SSSR count). The number of carbonyl (C=O) groups excluding carboxylic acids is 1. The van der Waals surface area contributed by atoms with Crippen LogP contribution in [0.15, 0.2) is 18.2 Å². The first-order valence-corrected chi connectivity index (χ1v) is 3.90. The van der Waals surface area contributed by atoms with Crippen LogP contribution in [-0.4, -0.2) is 16.0 Å². The fourth-order valence-corrected chi connectivity index (χ4v) is 1.27. The number of benzene rings is 1. The van der Waals surface area contributed by atoms with Gasteiger partial charge in [-0.2, -0.15) is 0 Å². The largest absolute Gasteiger partial charge is 0.300 e. The van der Waals surface area contributed by atoms with Gasteiger partial charge in [0, 0.05) is 6.42 Å². The van der Waals surface area contributed by atoms with Crippen molar-refractivity contribution < 1.29 is 4.79 Å². The Morgan fingerprint density at radius 1 is 1.33 bits per heavy atom. The highest BCUT2D eigenvalue weighted by Gasteiger charge is 2.00. The van der Waals surface area contributed by atoms with Crippen LogP contribution >= 0.6 is 0 Å². The number of aromatic amines is 2. The highest BCUT2D eigenvalue weighted by atomic mass is 16.1. The first-order valence-electron chi connectivity index (χ1n) is 3.90. The van der Waals surface area contributed by atoms with Crippen molar-refractivity contribution in [3.8, 4) is 0 Å². The summed E-state index contributed by atoms with van der Waals surface area (Å²) in [4.78, 5) is 10.8. The van der Waals surface area contributed by atoms with Gasteiger partial charge in [-0.3, -0.25) is 15.0 Å². The average Bonchev–Trinajstić information content (AvgIpc) is 1.94. The molecule has 1 aromatic carbocycles. The Hall–Kier alpha value is -1.51. The number of Topliss-reactive ketones (excluding diaryl/α,β-unsaturated/α-hetero) is 1.